The molecule has 86 valence electrons. The van der Waals surface area contributed by atoms with Gasteiger partial charge in [0.05, 0.1) is 11.1 Å². The van der Waals surface area contributed by atoms with Crippen LogP contribution in [-0.4, -0.2) is 14.3 Å². The predicted molar refractivity (Wildman–Crippen MR) is 66.1 cm³/mol. The molecule has 2 heterocycles. The molecule has 0 saturated heterocycles. The van der Waals surface area contributed by atoms with E-state index in [9.17, 15) is 4.79 Å². The quantitative estimate of drug-likeness (QED) is 0.892. The van der Waals surface area contributed by atoms with Crippen LogP contribution in [0.1, 0.15) is 44.6 Å². The molecule has 4 nitrogen and oxygen atoms in total. The Morgan fingerprint density at radius 1 is 1.44 bits per heavy atom. The van der Waals surface area contributed by atoms with Crippen molar-refractivity contribution in [2.45, 2.75) is 39.5 Å². The molecule has 2 rings (SSSR count). The van der Waals surface area contributed by atoms with Crippen LogP contribution in [-0.2, 0) is 6.42 Å². The summed E-state index contributed by atoms with van der Waals surface area (Å²) in [5.41, 5.74) is 0.831. The lowest BCUT2D eigenvalue weighted by molar-refractivity contribution is 0.777. The fraction of sp³-hybridized carbons (Fsp3) is 0.545. The first-order valence-corrected chi connectivity index (χ1v) is 6.29. The molecule has 2 aromatic rings. The molecule has 0 aromatic carbocycles. The second kappa shape index (κ2) is 4.33. The number of rotatable bonds is 3. The van der Waals surface area contributed by atoms with E-state index in [2.05, 4.69) is 21.3 Å². The Morgan fingerprint density at radius 2 is 2.19 bits per heavy atom. The first kappa shape index (κ1) is 11.3. The first-order chi connectivity index (χ1) is 7.63. The lowest BCUT2D eigenvalue weighted by Crippen LogP contribution is -2.12. The van der Waals surface area contributed by atoms with Gasteiger partial charge in [-0.05, 0) is 18.0 Å². The van der Waals surface area contributed by atoms with Crippen LogP contribution in [0.3, 0.4) is 0 Å². The topological polar surface area (TPSA) is 58.6 Å². The Hall–Kier alpha value is -1.23. The Kier molecular flexibility index (Phi) is 3.05. The molecule has 0 saturated carbocycles. The highest BCUT2D eigenvalue weighted by molar-refractivity contribution is 7.12. The first-order valence-electron chi connectivity index (χ1n) is 5.52. The van der Waals surface area contributed by atoms with Crippen molar-refractivity contribution in [3.63, 3.8) is 0 Å². The molecule has 0 bridgehead atoms. The molecule has 0 fully saturated rings. The second-order valence-electron chi connectivity index (χ2n) is 4.17. The highest BCUT2D eigenvalue weighted by Gasteiger charge is 2.13. The molecule has 2 aromatic heterocycles. The van der Waals surface area contributed by atoms with Gasteiger partial charge in [0.25, 0.3) is 5.56 Å². The van der Waals surface area contributed by atoms with Gasteiger partial charge in [0, 0.05) is 5.92 Å². The summed E-state index contributed by atoms with van der Waals surface area (Å²) in [7, 11) is 0. The summed E-state index contributed by atoms with van der Waals surface area (Å²) in [4.78, 5) is 20.0. The van der Waals surface area contributed by atoms with Gasteiger partial charge in [0.15, 0.2) is 4.83 Å². The van der Waals surface area contributed by atoms with Crippen molar-refractivity contribution in [1.82, 2.24) is 14.3 Å². The molecule has 5 heteroatoms. The molecule has 0 radical (unpaired) electrons. The smallest absolute Gasteiger partial charge is 0.261 e. The van der Waals surface area contributed by atoms with Crippen LogP contribution >= 0.6 is 11.5 Å². The van der Waals surface area contributed by atoms with Gasteiger partial charge in [-0.2, -0.15) is 4.37 Å². The summed E-state index contributed by atoms with van der Waals surface area (Å²) in [5.74, 6) is 0.970. The largest absolute Gasteiger partial charge is 0.310 e. The average Bonchev–Trinajstić information content (AvgIpc) is 2.62. The highest BCUT2D eigenvalue weighted by Crippen LogP contribution is 2.19. The van der Waals surface area contributed by atoms with Gasteiger partial charge >= 0.3 is 0 Å². The van der Waals surface area contributed by atoms with Crippen LogP contribution in [0.2, 0.25) is 0 Å². The van der Waals surface area contributed by atoms with Crippen LogP contribution in [0.4, 0.5) is 0 Å². The van der Waals surface area contributed by atoms with E-state index in [1.807, 2.05) is 13.8 Å². The summed E-state index contributed by atoms with van der Waals surface area (Å²) in [6.45, 7) is 6.10. The minimum atomic E-state index is -0.0501. The number of fused-ring (bicyclic) bond motifs is 1. The number of hydrogen-bond donors (Lipinski definition) is 1. The number of aromatic amines is 1. The lowest BCUT2D eigenvalue weighted by Gasteiger charge is -2.02. The number of nitrogens with one attached hydrogen (secondary N) is 1. The number of aromatic nitrogens is 3. The monoisotopic (exact) mass is 237 g/mol. The van der Waals surface area contributed by atoms with E-state index in [0.717, 1.165) is 29.2 Å². The molecule has 0 aliphatic rings. The molecule has 0 unspecified atom stereocenters. The highest BCUT2D eigenvalue weighted by atomic mass is 32.1. The third-order valence-electron chi connectivity index (χ3n) is 2.47. The van der Waals surface area contributed by atoms with E-state index in [4.69, 9.17) is 0 Å². The van der Waals surface area contributed by atoms with Crippen molar-refractivity contribution >= 4 is 21.7 Å². The van der Waals surface area contributed by atoms with Gasteiger partial charge in [-0.25, -0.2) is 4.98 Å². The molecule has 0 atom stereocenters. The molecule has 0 aliphatic heterocycles. The zero-order chi connectivity index (χ0) is 11.7. The van der Waals surface area contributed by atoms with Crippen LogP contribution in [0, 0.1) is 0 Å². The van der Waals surface area contributed by atoms with E-state index in [0.29, 0.717) is 5.39 Å². The summed E-state index contributed by atoms with van der Waals surface area (Å²) in [6.07, 6.45) is 1.83. The van der Waals surface area contributed by atoms with Crippen LogP contribution in [0.25, 0.3) is 10.2 Å². The molecule has 16 heavy (non-hydrogen) atoms. The molecule has 0 aliphatic carbocycles. The minimum absolute atomic E-state index is 0.0501. The zero-order valence-corrected chi connectivity index (χ0v) is 10.5. The molecule has 1 N–H and O–H groups in total. The minimum Gasteiger partial charge on any atom is -0.310 e. The van der Waals surface area contributed by atoms with E-state index in [-0.39, 0.29) is 11.5 Å². The van der Waals surface area contributed by atoms with Crippen molar-refractivity contribution in [2.75, 3.05) is 0 Å². The van der Waals surface area contributed by atoms with Gasteiger partial charge < -0.3 is 4.98 Å². The summed E-state index contributed by atoms with van der Waals surface area (Å²) in [5, 5.41) is 0.677. The average molecular weight is 237 g/mol. The fourth-order valence-electron chi connectivity index (χ4n) is 1.61. The summed E-state index contributed by atoms with van der Waals surface area (Å²) < 4.78 is 4.31. The number of aryl methyl sites for hydroxylation is 1. The second-order valence-corrected chi connectivity index (χ2v) is 4.92. The lowest BCUT2D eigenvalue weighted by atomic mass is 10.2. The summed E-state index contributed by atoms with van der Waals surface area (Å²) in [6, 6.07) is 0. The van der Waals surface area contributed by atoms with Gasteiger partial charge in [-0.3, -0.25) is 4.79 Å². The number of nitrogens with zero attached hydrogens (tertiary/aromatic N) is 2. The Morgan fingerprint density at radius 3 is 2.81 bits per heavy atom. The predicted octanol–water partition coefficient (Wildman–Crippen LogP) is 2.46. The van der Waals surface area contributed by atoms with E-state index in [1.54, 1.807) is 0 Å². The van der Waals surface area contributed by atoms with Crippen molar-refractivity contribution in [3.8, 4) is 0 Å². The normalized spacial score (nSPS) is 11.5. The van der Waals surface area contributed by atoms with Crippen molar-refractivity contribution in [2.24, 2.45) is 0 Å². The van der Waals surface area contributed by atoms with Gasteiger partial charge in [-0.1, -0.05) is 27.2 Å². The summed E-state index contributed by atoms with van der Waals surface area (Å²) >= 11 is 1.32. The van der Waals surface area contributed by atoms with Crippen molar-refractivity contribution in [1.29, 1.82) is 0 Å². The van der Waals surface area contributed by atoms with Gasteiger partial charge in [-0.15, -0.1) is 0 Å². The van der Waals surface area contributed by atoms with Crippen LogP contribution < -0.4 is 5.56 Å². The number of hydrogen-bond acceptors (Lipinski definition) is 4. The zero-order valence-electron chi connectivity index (χ0n) is 9.70. The Bertz CT molecular complexity index is 556. The van der Waals surface area contributed by atoms with Crippen LogP contribution in [0.5, 0.6) is 0 Å². The van der Waals surface area contributed by atoms with E-state index >= 15 is 0 Å². The van der Waals surface area contributed by atoms with E-state index < -0.39 is 0 Å². The third-order valence-corrected chi connectivity index (χ3v) is 3.25. The van der Waals surface area contributed by atoms with E-state index in [1.165, 1.54) is 11.5 Å². The molecule has 0 amide bonds. The van der Waals surface area contributed by atoms with Crippen LogP contribution in [0.15, 0.2) is 4.79 Å². The molecular formula is C11H15N3OS. The maximum absolute atomic E-state index is 11.9. The fourth-order valence-corrected chi connectivity index (χ4v) is 2.43. The Labute approximate surface area is 97.9 Å². The van der Waals surface area contributed by atoms with Gasteiger partial charge in [0.1, 0.15) is 5.82 Å². The molecular weight excluding hydrogens is 222 g/mol. The van der Waals surface area contributed by atoms with Gasteiger partial charge in [0.2, 0.25) is 0 Å². The number of H-pyrrole nitrogens is 1. The maximum atomic E-state index is 11.9. The SMILES string of the molecule is CCCc1nsc2nc(C(C)C)[nH]c(=O)c12. The standard InChI is InChI=1S/C11H15N3OS/c1-4-5-7-8-10(15)12-9(6(2)3)13-11(8)16-14-7/h6H,4-5H2,1-3H3,(H,12,13,15). The van der Waals surface area contributed by atoms with Crippen molar-refractivity contribution in [3.05, 3.63) is 21.9 Å². The Balaban J connectivity index is 2.64. The molecule has 0 spiro atoms. The van der Waals surface area contributed by atoms with Crippen molar-refractivity contribution < 1.29 is 0 Å². The third kappa shape index (κ3) is 1.87. The maximum Gasteiger partial charge on any atom is 0.261 e.